The van der Waals surface area contributed by atoms with E-state index in [2.05, 4.69) is 4.42 Å². The molecule has 1 heterocycles. The van der Waals surface area contributed by atoms with Crippen LogP contribution < -0.4 is 5.43 Å². The summed E-state index contributed by atoms with van der Waals surface area (Å²) < 4.78 is 40.6. The van der Waals surface area contributed by atoms with Crippen molar-refractivity contribution in [2.24, 2.45) is 0 Å². The maximum atomic E-state index is 12.0. The van der Waals surface area contributed by atoms with Gasteiger partial charge in [0.15, 0.2) is 5.43 Å². The second kappa shape index (κ2) is 3.45. The van der Waals surface area contributed by atoms with E-state index in [1.807, 2.05) is 0 Å². The van der Waals surface area contributed by atoms with Crippen molar-refractivity contribution in [3.63, 3.8) is 0 Å². The van der Waals surface area contributed by atoms with Crippen LogP contribution in [-0.4, -0.2) is 11.3 Å². The van der Waals surface area contributed by atoms with E-state index in [0.29, 0.717) is 0 Å². The Bertz CT molecular complexity index is 380. The number of alkyl halides is 3. The van der Waals surface area contributed by atoms with Gasteiger partial charge in [0.25, 0.3) is 0 Å². The fourth-order valence-corrected chi connectivity index (χ4v) is 0.922. The molecule has 0 radical (unpaired) electrons. The van der Waals surface area contributed by atoms with E-state index in [0.717, 1.165) is 19.3 Å². The van der Waals surface area contributed by atoms with E-state index in [4.69, 9.17) is 5.11 Å². The number of hydrogen-bond donors (Lipinski definition) is 1. The second-order valence-electron chi connectivity index (χ2n) is 2.72. The lowest BCUT2D eigenvalue weighted by Crippen LogP contribution is -2.23. The van der Waals surface area contributed by atoms with Crippen LogP contribution in [-0.2, 0) is 0 Å². The molecule has 0 spiro atoms. The molecule has 0 bridgehead atoms. The SMILES string of the molecule is Cc1c(C(O)C(F)(F)F)occc1=O. The van der Waals surface area contributed by atoms with Gasteiger partial charge in [0.05, 0.1) is 6.26 Å². The molecule has 0 fully saturated rings. The molecule has 1 aromatic rings. The molecule has 1 unspecified atom stereocenters. The minimum atomic E-state index is -4.83. The minimum absolute atomic E-state index is 0.239. The monoisotopic (exact) mass is 208 g/mol. The van der Waals surface area contributed by atoms with Crippen molar-refractivity contribution >= 4 is 0 Å². The summed E-state index contributed by atoms with van der Waals surface area (Å²) in [5, 5.41) is 8.80. The van der Waals surface area contributed by atoms with Gasteiger partial charge in [-0.2, -0.15) is 13.2 Å². The van der Waals surface area contributed by atoms with Crippen molar-refractivity contribution < 1.29 is 22.7 Å². The predicted octanol–water partition coefficient (Wildman–Crippen LogP) is 1.54. The van der Waals surface area contributed by atoms with Crippen molar-refractivity contribution in [1.82, 2.24) is 0 Å². The van der Waals surface area contributed by atoms with Crippen LogP contribution >= 0.6 is 0 Å². The van der Waals surface area contributed by atoms with Gasteiger partial charge < -0.3 is 9.52 Å². The third-order valence-electron chi connectivity index (χ3n) is 1.71. The van der Waals surface area contributed by atoms with Crippen LogP contribution in [0, 0.1) is 6.92 Å². The van der Waals surface area contributed by atoms with Gasteiger partial charge in [-0.15, -0.1) is 0 Å². The van der Waals surface area contributed by atoms with Crippen LogP contribution in [0.5, 0.6) is 0 Å². The molecular formula is C8H7F3O3. The summed E-state index contributed by atoms with van der Waals surface area (Å²) in [7, 11) is 0. The lowest BCUT2D eigenvalue weighted by Gasteiger charge is -2.14. The number of halogens is 3. The Hall–Kier alpha value is -1.30. The Kier molecular flexibility index (Phi) is 2.66. The van der Waals surface area contributed by atoms with Crippen molar-refractivity contribution in [3.05, 3.63) is 33.9 Å². The summed E-state index contributed by atoms with van der Waals surface area (Å²) in [6.45, 7) is 1.16. The third kappa shape index (κ3) is 1.95. The molecule has 1 aromatic heterocycles. The number of aliphatic hydroxyl groups is 1. The van der Waals surface area contributed by atoms with E-state index < -0.39 is 23.5 Å². The molecule has 14 heavy (non-hydrogen) atoms. The van der Waals surface area contributed by atoms with E-state index in [-0.39, 0.29) is 5.56 Å². The lowest BCUT2D eigenvalue weighted by atomic mass is 10.1. The van der Waals surface area contributed by atoms with Gasteiger partial charge >= 0.3 is 6.18 Å². The first kappa shape index (κ1) is 10.8. The number of hydrogen-bond acceptors (Lipinski definition) is 3. The molecule has 0 aliphatic heterocycles. The number of rotatable bonds is 1. The Morgan fingerprint density at radius 3 is 2.57 bits per heavy atom. The highest BCUT2D eigenvalue weighted by Gasteiger charge is 2.42. The summed E-state index contributed by atoms with van der Waals surface area (Å²) in [6.07, 6.45) is -6.77. The molecule has 0 amide bonds. The fourth-order valence-electron chi connectivity index (χ4n) is 0.922. The molecule has 0 saturated heterocycles. The van der Waals surface area contributed by atoms with Crippen molar-refractivity contribution in [2.45, 2.75) is 19.2 Å². The Morgan fingerprint density at radius 1 is 1.50 bits per heavy atom. The van der Waals surface area contributed by atoms with Gasteiger partial charge in [-0.1, -0.05) is 0 Å². The van der Waals surface area contributed by atoms with Crippen LogP contribution in [0.4, 0.5) is 13.2 Å². The van der Waals surface area contributed by atoms with Crippen LogP contribution in [0.3, 0.4) is 0 Å². The second-order valence-corrected chi connectivity index (χ2v) is 2.72. The lowest BCUT2D eigenvalue weighted by molar-refractivity contribution is -0.212. The van der Waals surface area contributed by atoms with Crippen LogP contribution in [0.15, 0.2) is 21.5 Å². The van der Waals surface area contributed by atoms with Crippen LogP contribution in [0.1, 0.15) is 17.4 Å². The number of aliphatic hydroxyl groups excluding tert-OH is 1. The van der Waals surface area contributed by atoms with Crippen molar-refractivity contribution in [3.8, 4) is 0 Å². The summed E-state index contributed by atoms with van der Waals surface area (Å²) in [5.41, 5.74) is -0.841. The van der Waals surface area contributed by atoms with E-state index in [9.17, 15) is 18.0 Å². The quantitative estimate of drug-likeness (QED) is 0.761. The molecule has 1 rings (SSSR count). The summed E-state index contributed by atoms with van der Waals surface area (Å²) >= 11 is 0. The first-order valence-electron chi connectivity index (χ1n) is 3.67. The van der Waals surface area contributed by atoms with Gasteiger partial charge in [-0.05, 0) is 6.92 Å². The Labute approximate surface area is 76.8 Å². The molecule has 3 nitrogen and oxygen atoms in total. The summed E-state index contributed by atoms with van der Waals surface area (Å²) in [5.74, 6) is -0.759. The maximum absolute atomic E-state index is 12.0. The highest BCUT2D eigenvalue weighted by atomic mass is 19.4. The smallest absolute Gasteiger partial charge is 0.421 e. The normalized spacial score (nSPS) is 14.1. The molecule has 0 aliphatic rings. The van der Waals surface area contributed by atoms with Gasteiger partial charge in [0, 0.05) is 11.6 Å². The molecule has 0 saturated carbocycles. The molecule has 1 N–H and O–H groups in total. The van der Waals surface area contributed by atoms with Crippen LogP contribution in [0.2, 0.25) is 0 Å². The predicted molar refractivity (Wildman–Crippen MR) is 40.7 cm³/mol. The van der Waals surface area contributed by atoms with Crippen molar-refractivity contribution in [1.29, 1.82) is 0 Å². The zero-order chi connectivity index (χ0) is 10.9. The fraction of sp³-hybridized carbons (Fsp3) is 0.375. The molecular weight excluding hydrogens is 201 g/mol. The molecule has 0 aliphatic carbocycles. The topological polar surface area (TPSA) is 50.4 Å². The van der Waals surface area contributed by atoms with Gasteiger partial charge in [0.2, 0.25) is 6.10 Å². The highest BCUT2D eigenvalue weighted by Crippen LogP contribution is 2.32. The Balaban J connectivity index is 3.21. The van der Waals surface area contributed by atoms with Gasteiger partial charge in [-0.25, -0.2) is 0 Å². The first-order chi connectivity index (χ1) is 6.34. The van der Waals surface area contributed by atoms with Crippen LogP contribution in [0.25, 0.3) is 0 Å². The zero-order valence-electron chi connectivity index (χ0n) is 7.13. The summed E-state index contributed by atoms with van der Waals surface area (Å²) in [4.78, 5) is 10.9. The van der Waals surface area contributed by atoms with Gasteiger partial charge in [-0.3, -0.25) is 4.79 Å². The third-order valence-corrected chi connectivity index (χ3v) is 1.71. The first-order valence-corrected chi connectivity index (χ1v) is 3.67. The van der Waals surface area contributed by atoms with Crippen molar-refractivity contribution in [2.75, 3.05) is 0 Å². The van der Waals surface area contributed by atoms with E-state index in [1.54, 1.807) is 0 Å². The molecule has 0 aromatic carbocycles. The molecule has 1 atom stereocenters. The average Bonchev–Trinajstić information content (AvgIpc) is 2.07. The average molecular weight is 208 g/mol. The minimum Gasteiger partial charge on any atom is -0.466 e. The van der Waals surface area contributed by atoms with Gasteiger partial charge in [0.1, 0.15) is 5.76 Å². The Morgan fingerprint density at radius 2 is 2.07 bits per heavy atom. The van der Waals surface area contributed by atoms with E-state index in [1.165, 1.54) is 0 Å². The largest absolute Gasteiger partial charge is 0.466 e. The molecule has 78 valence electrons. The highest BCUT2D eigenvalue weighted by molar-refractivity contribution is 5.18. The maximum Gasteiger partial charge on any atom is 0.421 e. The summed E-state index contributed by atoms with van der Waals surface area (Å²) in [6, 6.07) is 0.988. The standard InChI is InChI=1S/C8H7F3O3/c1-4-5(12)2-3-14-6(4)7(13)8(9,10)11/h2-3,7,13H,1H3. The zero-order valence-corrected chi connectivity index (χ0v) is 7.13. The molecule has 6 heteroatoms. The van der Waals surface area contributed by atoms with E-state index >= 15 is 0 Å².